The Kier molecular flexibility index (Phi) is 3.44. The summed E-state index contributed by atoms with van der Waals surface area (Å²) >= 11 is 0. The van der Waals surface area contributed by atoms with Crippen molar-refractivity contribution in [3.05, 3.63) is 52.8 Å². The standard InChI is InChI=1S/C16H17N3O3/c1-10-13(8-17-18(10)2)15(20)19-9-12-6-4-3-5-11(12)7-14(19)16(21)22/h3-6,8,14H,7,9H2,1-2H3,(H,21,22). The minimum atomic E-state index is -0.982. The number of aliphatic carboxylic acids is 1. The van der Waals surface area contributed by atoms with Crippen molar-refractivity contribution < 1.29 is 14.7 Å². The fourth-order valence-corrected chi connectivity index (χ4v) is 2.82. The Morgan fingerprint density at radius 1 is 1.27 bits per heavy atom. The van der Waals surface area contributed by atoms with Crippen LogP contribution in [0, 0.1) is 6.92 Å². The number of carbonyl (C=O) groups excluding carboxylic acids is 1. The molecule has 1 aliphatic rings. The van der Waals surface area contributed by atoms with Crippen LogP contribution in [0.4, 0.5) is 0 Å². The van der Waals surface area contributed by atoms with Crippen molar-refractivity contribution in [1.82, 2.24) is 14.7 Å². The summed E-state index contributed by atoms with van der Waals surface area (Å²) in [5.41, 5.74) is 3.16. The van der Waals surface area contributed by atoms with Gasteiger partial charge in [-0.05, 0) is 18.1 Å². The van der Waals surface area contributed by atoms with E-state index in [1.807, 2.05) is 24.3 Å². The van der Waals surface area contributed by atoms with Gasteiger partial charge in [0.05, 0.1) is 11.8 Å². The molecule has 1 unspecified atom stereocenters. The Morgan fingerprint density at radius 2 is 1.95 bits per heavy atom. The normalized spacial score (nSPS) is 17.2. The molecule has 1 atom stereocenters. The maximum atomic E-state index is 12.8. The maximum Gasteiger partial charge on any atom is 0.326 e. The van der Waals surface area contributed by atoms with E-state index >= 15 is 0 Å². The van der Waals surface area contributed by atoms with Crippen LogP contribution in [0.3, 0.4) is 0 Å². The largest absolute Gasteiger partial charge is 0.480 e. The number of nitrogens with zero attached hydrogens (tertiary/aromatic N) is 3. The molecule has 0 aliphatic carbocycles. The molecular formula is C16H17N3O3. The molecule has 22 heavy (non-hydrogen) atoms. The third-order valence-corrected chi connectivity index (χ3v) is 4.26. The number of aryl methyl sites for hydroxylation is 1. The van der Waals surface area contributed by atoms with Crippen LogP contribution in [0.5, 0.6) is 0 Å². The predicted molar refractivity (Wildman–Crippen MR) is 79.4 cm³/mol. The lowest BCUT2D eigenvalue weighted by molar-refractivity contribution is -0.142. The predicted octanol–water partition coefficient (Wildman–Crippen LogP) is 1.38. The van der Waals surface area contributed by atoms with Gasteiger partial charge >= 0.3 is 5.97 Å². The first-order valence-electron chi connectivity index (χ1n) is 7.08. The molecule has 1 aliphatic heterocycles. The van der Waals surface area contributed by atoms with Crippen molar-refractivity contribution in [3.8, 4) is 0 Å². The second-order valence-electron chi connectivity index (χ2n) is 5.53. The molecule has 3 rings (SSSR count). The Morgan fingerprint density at radius 3 is 2.55 bits per heavy atom. The molecule has 0 saturated heterocycles. The highest BCUT2D eigenvalue weighted by atomic mass is 16.4. The van der Waals surface area contributed by atoms with Gasteiger partial charge in [0.1, 0.15) is 6.04 Å². The lowest BCUT2D eigenvalue weighted by Gasteiger charge is -2.34. The molecule has 6 nitrogen and oxygen atoms in total. The van der Waals surface area contributed by atoms with Gasteiger partial charge in [-0.2, -0.15) is 5.10 Å². The molecule has 1 N–H and O–H groups in total. The van der Waals surface area contributed by atoms with Crippen LogP contribution in [-0.4, -0.2) is 37.7 Å². The van der Waals surface area contributed by atoms with Crippen LogP contribution in [0.15, 0.2) is 30.5 Å². The Hall–Kier alpha value is -2.63. The molecule has 0 saturated carbocycles. The fraction of sp³-hybridized carbons (Fsp3) is 0.312. The number of carboxylic acids is 1. The topological polar surface area (TPSA) is 75.4 Å². The first-order valence-corrected chi connectivity index (χ1v) is 7.08. The van der Waals surface area contributed by atoms with E-state index in [0.29, 0.717) is 18.5 Å². The average Bonchev–Trinajstić information content (AvgIpc) is 2.85. The van der Waals surface area contributed by atoms with Gasteiger partial charge in [0.2, 0.25) is 0 Å². The van der Waals surface area contributed by atoms with Crippen LogP contribution >= 0.6 is 0 Å². The van der Waals surface area contributed by atoms with Crippen LogP contribution in [0.2, 0.25) is 0 Å². The summed E-state index contributed by atoms with van der Waals surface area (Å²) in [6.07, 6.45) is 1.83. The summed E-state index contributed by atoms with van der Waals surface area (Å²) < 4.78 is 1.61. The van der Waals surface area contributed by atoms with Crippen LogP contribution < -0.4 is 0 Å². The van der Waals surface area contributed by atoms with Gasteiger partial charge in [0.25, 0.3) is 5.91 Å². The van der Waals surface area contributed by atoms with Gasteiger partial charge in [-0.25, -0.2) is 4.79 Å². The van der Waals surface area contributed by atoms with E-state index in [1.165, 1.54) is 11.1 Å². The van der Waals surface area contributed by atoms with Crippen molar-refractivity contribution in [2.75, 3.05) is 0 Å². The summed E-state index contributed by atoms with van der Waals surface area (Å²) in [5.74, 6) is -1.27. The lowest BCUT2D eigenvalue weighted by Crippen LogP contribution is -2.48. The summed E-state index contributed by atoms with van der Waals surface area (Å²) in [5, 5.41) is 13.6. The number of amides is 1. The number of benzene rings is 1. The van der Waals surface area contributed by atoms with E-state index < -0.39 is 12.0 Å². The van der Waals surface area contributed by atoms with Crippen molar-refractivity contribution in [2.45, 2.75) is 25.9 Å². The highest BCUT2D eigenvalue weighted by molar-refractivity contribution is 5.97. The first-order chi connectivity index (χ1) is 10.5. The monoisotopic (exact) mass is 299 g/mol. The minimum absolute atomic E-state index is 0.285. The molecule has 0 radical (unpaired) electrons. The summed E-state index contributed by atoms with van der Waals surface area (Å²) in [4.78, 5) is 25.8. The molecule has 2 heterocycles. The van der Waals surface area contributed by atoms with Crippen LogP contribution in [0.25, 0.3) is 0 Å². The highest BCUT2D eigenvalue weighted by Crippen LogP contribution is 2.25. The van der Waals surface area contributed by atoms with Gasteiger partial charge in [-0.3, -0.25) is 9.48 Å². The van der Waals surface area contributed by atoms with E-state index in [0.717, 1.165) is 16.8 Å². The van der Waals surface area contributed by atoms with Crippen molar-refractivity contribution >= 4 is 11.9 Å². The number of carbonyl (C=O) groups is 2. The fourth-order valence-electron chi connectivity index (χ4n) is 2.82. The summed E-state index contributed by atoms with van der Waals surface area (Å²) in [6.45, 7) is 2.11. The smallest absolute Gasteiger partial charge is 0.326 e. The van der Waals surface area contributed by atoms with E-state index in [4.69, 9.17) is 0 Å². The van der Waals surface area contributed by atoms with E-state index in [2.05, 4.69) is 5.10 Å². The Bertz CT molecular complexity index is 751. The Labute approximate surface area is 128 Å². The minimum Gasteiger partial charge on any atom is -0.480 e. The number of carboxylic acid groups (broad SMARTS) is 1. The molecule has 0 spiro atoms. The number of aromatic nitrogens is 2. The number of rotatable bonds is 2. The molecule has 114 valence electrons. The molecule has 1 aromatic heterocycles. The number of hydrogen-bond donors (Lipinski definition) is 1. The average molecular weight is 299 g/mol. The zero-order chi connectivity index (χ0) is 15.9. The third-order valence-electron chi connectivity index (χ3n) is 4.26. The molecule has 1 amide bonds. The summed E-state index contributed by atoms with van der Waals surface area (Å²) in [6, 6.07) is 6.80. The number of fused-ring (bicyclic) bond motifs is 1. The van der Waals surface area contributed by atoms with Gasteiger partial charge < -0.3 is 10.0 Å². The first kappa shape index (κ1) is 14.3. The van der Waals surface area contributed by atoms with Gasteiger partial charge in [-0.15, -0.1) is 0 Å². The summed E-state index contributed by atoms with van der Waals surface area (Å²) in [7, 11) is 1.76. The Balaban J connectivity index is 1.99. The molecular weight excluding hydrogens is 282 g/mol. The molecule has 0 bridgehead atoms. The van der Waals surface area contributed by atoms with E-state index in [9.17, 15) is 14.7 Å². The molecule has 0 fully saturated rings. The van der Waals surface area contributed by atoms with Gasteiger partial charge in [-0.1, -0.05) is 24.3 Å². The zero-order valence-electron chi connectivity index (χ0n) is 12.5. The van der Waals surface area contributed by atoms with Gasteiger partial charge in [0, 0.05) is 25.7 Å². The highest BCUT2D eigenvalue weighted by Gasteiger charge is 2.35. The third kappa shape index (κ3) is 2.26. The quantitative estimate of drug-likeness (QED) is 0.909. The van der Waals surface area contributed by atoms with Crippen LogP contribution in [0.1, 0.15) is 27.2 Å². The zero-order valence-corrected chi connectivity index (χ0v) is 12.5. The van der Waals surface area contributed by atoms with Crippen molar-refractivity contribution in [3.63, 3.8) is 0 Å². The molecule has 2 aromatic rings. The SMILES string of the molecule is Cc1c(C(=O)N2Cc3ccccc3CC2C(=O)O)cnn1C. The molecule has 6 heteroatoms. The number of hydrogen-bond acceptors (Lipinski definition) is 3. The van der Waals surface area contributed by atoms with Crippen LogP contribution in [-0.2, 0) is 24.8 Å². The maximum absolute atomic E-state index is 12.8. The second-order valence-corrected chi connectivity index (χ2v) is 5.53. The van der Waals surface area contributed by atoms with Gasteiger partial charge in [0.15, 0.2) is 0 Å². The van der Waals surface area contributed by atoms with Crippen molar-refractivity contribution in [2.24, 2.45) is 7.05 Å². The second kappa shape index (κ2) is 5.29. The van der Waals surface area contributed by atoms with E-state index in [1.54, 1.807) is 18.7 Å². The lowest BCUT2D eigenvalue weighted by atomic mass is 9.93. The van der Waals surface area contributed by atoms with Crippen molar-refractivity contribution in [1.29, 1.82) is 0 Å². The van der Waals surface area contributed by atoms with E-state index in [-0.39, 0.29) is 5.91 Å². The molecule has 1 aromatic carbocycles.